The Morgan fingerprint density at radius 1 is 0.927 bits per heavy atom. The Morgan fingerprint density at radius 2 is 1.68 bits per heavy atom. The van der Waals surface area contributed by atoms with Gasteiger partial charge in [-0.05, 0) is 72.7 Å². The molecule has 2 N–H and O–H groups in total. The fourth-order valence-electron chi connectivity index (χ4n) is 5.16. The standard InChI is InChI=1S/C34H33NO6/c1-5-40-29-18-23(13-15-27(29)36)31-30(32(37)24-14-16-28(21(4)17-24)41-19-20(2)3)33(38)34(39)35(31)26-12-8-10-22-9-6-7-11-25(22)26/h6-18,20,31,36-37H,5,19H2,1-4H3/b32-30+. The number of aryl methyl sites for hydroxylation is 1. The zero-order valence-electron chi connectivity index (χ0n) is 23.5. The molecule has 7 nitrogen and oxygen atoms in total. The third-order valence-electron chi connectivity index (χ3n) is 7.09. The summed E-state index contributed by atoms with van der Waals surface area (Å²) in [5.74, 6) is -0.666. The minimum atomic E-state index is -0.974. The van der Waals surface area contributed by atoms with Crippen LogP contribution >= 0.6 is 0 Å². The second-order valence-electron chi connectivity index (χ2n) is 10.5. The van der Waals surface area contributed by atoms with Gasteiger partial charge in [0.25, 0.3) is 11.7 Å². The van der Waals surface area contributed by atoms with Crippen molar-refractivity contribution in [2.24, 2.45) is 5.92 Å². The molecule has 1 aliphatic heterocycles. The van der Waals surface area contributed by atoms with Crippen LogP contribution in [-0.2, 0) is 9.59 Å². The molecule has 1 aliphatic rings. The Kier molecular flexibility index (Phi) is 7.70. The first kappa shape index (κ1) is 27.8. The predicted octanol–water partition coefficient (Wildman–Crippen LogP) is 6.91. The number of phenols is 1. The van der Waals surface area contributed by atoms with E-state index in [1.807, 2.05) is 43.3 Å². The molecule has 1 saturated heterocycles. The highest BCUT2D eigenvalue weighted by Gasteiger charge is 2.47. The van der Waals surface area contributed by atoms with Crippen molar-refractivity contribution < 1.29 is 29.3 Å². The van der Waals surface area contributed by atoms with E-state index >= 15 is 0 Å². The lowest BCUT2D eigenvalue weighted by molar-refractivity contribution is -0.132. The number of ketones is 1. The lowest BCUT2D eigenvalue weighted by Gasteiger charge is -2.27. The number of ether oxygens (including phenoxy) is 2. The number of fused-ring (bicyclic) bond motifs is 1. The van der Waals surface area contributed by atoms with Gasteiger partial charge in [-0.2, -0.15) is 0 Å². The van der Waals surface area contributed by atoms with Crippen molar-refractivity contribution in [3.8, 4) is 17.2 Å². The number of benzene rings is 4. The van der Waals surface area contributed by atoms with Crippen LogP contribution in [0, 0.1) is 12.8 Å². The van der Waals surface area contributed by atoms with Gasteiger partial charge in [-0.3, -0.25) is 14.5 Å². The number of phenolic OH excluding ortho intramolecular Hbond substituents is 1. The number of nitrogens with zero attached hydrogens (tertiary/aromatic N) is 1. The maximum atomic E-state index is 13.8. The third kappa shape index (κ3) is 5.23. The highest BCUT2D eigenvalue weighted by molar-refractivity contribution is 6.52. The van der Waals surface area contributed by atoms with Crippen LogP contribution in [0.3, 0.4) is 0 Å². The molecule has 4 aromatic carbocycles. The van der Waals surface area contributed by atoms with E-state index in [-0.39, 0.29) is 22.8 Å². The number of anilines is 1. The van der Waals surface area contributed by atoms with Crippen molar-refractivity contribution in [1.29, 1.82) is 0 Å². The summed E-state index contributed by atoms with van der Waals surface area (Å²) in [7, 11) is 0. The molecular formula is C34H33NO6. The number of aliphatic hydroxyl groups excluding tert-OH is 1. The molecule has 1 heterocycles. The first-order chi connectivity index (χ1) is 19.7. The van der Waals surface area contributed by atoms with Crippen molar-refractivity contribution >= 4 is 33.9 Å². The van der Waals surface area contributed by atoms with Gasteiger partial charge in [-0.1, -0.05) is 56.3 Å². The van der Waals surface area contributed by atoms with E-state index in [2.05, 4.69) is 13.8 Å². The summed E-state index contributed by atoms with van der Waals surface area (Å²) in [6.45, 7) is 8.64. The van der Waals surface area contributed by atoms with Crippen LogP contribution in [0.25, 0.3) is 16.5 Å². The van der Waals surface area contributed by atoms with Gasteiger partial charge in [0.2, 0.25) is 0 Å². The lowest BCUT2D eigenvalue weighted by atomic mass is 9.94. The summed E-state index contributed by atoms with van der Waals surface area (Å²) in [6, 6.07) is 22.1. The number of aliphatic hydroxyl groups is 1. The molecule has 0 spiro atoms. The average molecular weight is 552 g/mol. The third-order valence-corrected chi connectivity index (χ3v) is 7.09. The maximum absolute atomic E-state index is 13.8. The van der Waals surface area contributed by atoms with Gasteiger partial charge in [-0.25, -0.2) is 0 Å². The van der Waals surface area contributed by atoms with Crippen molar-refractivity contribution in [2.45, 2.75) is 33.7 Å². The van der Waals surface area contributed by atoms with E-state index in [0.717, 1.165) is 16.3 Å². The number of rotatable bonds is 8. The topological polar surface area (TPSA) is 96.3 Å². The van der Waals surface area contributed by atoms with Crippen LogP contribution in [0.5, 0.6) is 17.2 Å². The van der Waals surface area contributed by atoms with Crippen LogP contribution in [0.15, 0.2) is 84.4 Å². The van der Waals surface area contributed by atoms with Crippen LogP contribution in [0.4, 0.5) is 5.69 Å². The molecular weight excluding hydrogens is 518 g/mol. The quantitative estimate of drug-likeness (QED) is 0.140. The number of aromatic hydroxyl groups is 1. The first-order valence-corrected chi connectivity index (χ1v) is 13.7. The molecule has 5 rings (SSSR count). The van der Waals surface area contributed by atoms with Crippen LogP contribution in [0.2, 0.25) is 0 Å². The first-order valence-electron chi connectivity index (χ1n) is 13.7. The monoisotopic (exact) mass is 551 g/mol. The second kappa shape index (κ2) is 11.4. The zero-order valence-corrected chi connectivity index (χ0v) is 23.5. The summed E-state index contributed by atoms with van der Waals surface area (Å²) >= 11 is 0. The van der Waals surface area contributed by atoms with Gasteiger partial charge >= 0.3 is 0 Å². The SMILES string of the molecule is CCOc1cc(C2/C(=C(\O)c3ccc(OCC(C)C)c(C)c3)C(=O)C(=O)N2c2cccc3ccccc23)ccc1O. The molecule has 4 aromatic rings. The molecule has 0 aliphatic carbocycles. The van der Waals surface area contributed by atoms with Gasteiger partial charge in [0, 0.05) is 10.9 Å². The number of hydrogen-bond donors (Lipinski definition) is 2. The molecule has 1 atom stereocenters. The average Bonchev–Trinajstić information content (AvgIpc) is 3.22. The normalized spacial score (nSPS) is 16.5. The molecule has 1 fully saturated rings. The van der Waals surface area contributed by atoms with Gasteiger partial charge in [0.05, 0.1) is 30.5 Å². The van der Waals surface area contributed by atoms with Gasteiger partial charge < -0.3 is 19.7 Å². The minimum absolute atomic E-state index is 0.0497. The van der Waals surface area contributed by atoms with E-state index in [1.165, 1.54) is 11.0 Å². The molecule has 210 valence electrons. The molecule has 7 heteroatoms. The fraction of sp³-hybridized carbons (Fsp3) is 0.235. The second-order valence-corrected chi connectivity index (χ2v) is 10.5. The lowest BCUT2D eigenvalue weighted by Crippen LogP contribution is -2.29. The number of amides is 1. The molecule has 41 heavy (non-hydrogen) atoms. The van der Waals surface area contributed by atoms with E-state index in [0.29, 0.717) is 41.7 Å². The Balaban J connectivity index is 1.71. The summed E-state index contributed by atoms with van der Waals surface area (Å²) in [4.78, 5) is 28.9. The summed E-state index contributed by atoms with van der Waals surface area (Å²) in [5.41, 5.74) is 2.18. The van der Waals surface area contributed by atoms with Gasteiger partial charge in [0.1, 0.15) is 11.5 Å². The molecule has 0 radical (unpaired) electrons. The number of hydrogen-bond acceptors (Lipinski definition) is 6. The van der Waals surface area contributed by atoms with Crippen molar-refractivity contribution in [1.82, 2.24) is 0 Å². The summed E-state index contributed by atoms with van der Waals surface area (Å²) < 4.78 is 11.5. The Hall–Kier alpha value is -4.78. The van der Waals surface area contributed by atoms with Crippen molar-refractivity contribution in [3.05, 3.63) is 101 Å². The van der Waals surface area contributed by atoms with E-state index < -0.39 is 17.7 Å². The van der Waals surface area contributed by atoms with E-state index in [9.17, 15) is 19.8 Å². The largest absolute Gasteiger partial charge is 0.507 e. The van der Waals surface area contributed by atoms with Gasteiger partial charge in [0.15, 0.2) is 11.5 Å². The Bertz CT molecular complexity index is 1670. The minimum Gasteiger partial charge on any atom is -0.507 e. The van der Waals surface area contributed by atoms with Gasteiger partial charge in [-0.15, -0.1) is 0 Å². The Morgan fingerprint density at radius 3 is 2.41 bits per heavy atom. The number of Topliss-reactive ketones (excluding diaryl/α,β-unsaturated/α-hetero) is 1. The van der Waals surface area contributed by atoms with Crippen molar-refractivity contribution in [2.75, 3.05) is 18.1 Å². The smallest absolute Gasteiger partial charge is 0.300 e. The molecule has 0 aromatic heterocycles. The van der Waals surface area contributed by atoms with Crippen LogP contribution in [-0.4, -0.2) is 35.1 Å². The number of carbonyl (C=O) groups is 2. The zero-order chi connectivity index (χ0) is 29.3. The molecule has 0 bridgehead atoms. The van der Waals surface area contributed by atoms with Crippen LogP contribution in [0.1, 0.15) is 43.5 Å². The molecule has 1 amide bonds. The predicted molar refractivity (Wildman–Crippen MR) is 160 cm³/mol. The van der Waals surface area contributed by atoms with Crippen LogP contribution < -0.4 is 14.4 Å². The summed E-state index contributed by atoms with van der Waals surface area (Å²) in [6.07, 6.45) is 0. The Labute approximate surface area is 239 Å². The van der Waals surface area contributed by atoms with E-state index in [4.69, 9.17) is 9.47 Å². The number of carbonyl (C=O) groups excluding carboxylic acids is 2. The van der Waals surface area contributed by atoms with E-state index in [1.54, 1.807) is 43.3 Å². The fourth-order valence-corrected chi connectivity index (χ4v) is 5.16. The van der Waals surface area contributed by atoms with Crippen molar-refractivity contribution in [3.63, 3.8) is 0 Å². The summed E-state index contributed by atoms with van der Waals surface area (Å²) in [5, 5.41) is 23.7. The molecule has 0 saturated carbocycles. The maximum Gasteiger partial charge on any atom is 0.300 e. The molecule has 1 unspecified atom stereocenters. The highest BCUT2D eigenvalue weighted by Crippen LogP contribution is 2.45. The highest BCUT2D eigenvalue weighted by atomic mass is 16.5.